The predicted molar refractivity (Wildman–Crippen MR) is 83.1 cm³/mol. The van der Waals surface area contributed by atoms with Crippen molar-refractivity contribution in [3.05, 3.63) is 23.6 Å². The summed E-state index contributed by atoms with van der Waals surface area (Å²) in [6.45, 7) is -0.0544. The molecule has 0 radical (unpaired) electrons. The van der Waals surface area contributed by atoms with Crippen molar-refractivity contribution in [3.8, 4) is 0 Å². The summed E-state index contributed by atoms with van der Waals surface area (Å²) in [4.78, 5) is 27.8. The van der Waals surface area contributed by atoms with Crippen LogP contribution in [0.2, 0.25) is 0 Å². The Hall–Kier alpha value is -3.05. The molecular formula is C15H14F4N4O4. The lowest BCUT2D eigenvalue weighted by Gasteiger charge is -2.13. The van der Waals surface area contributed by atoms with Gasteiger partial charge in [-0.3, -0.25) is 14.3 Å². The molecule has 2 amide bonds. The van der Waals surface area contributed by atoms with E-state index in [1.165, 1.54) is 6.07 Å². The van der Waals surface area contributed by atoms with Crippen LogP contribution in [0.3, 0.4) is 0 Å². The third-order valence-electron chi connectivity index (χ3n) is 3.79. The van der Waals surface area contributed by atoms with Crippen LogP contribution < -0.4 is 16.3 Å². The number of nitrogens with two attached hydrogens (primary N) is 1. The van der Waals surface area contributed by atoms with Crippen molar-refractivity contribution in [3.63, 3.8) is 0 Å². The summed E-state index contributed by atoms with van der Waals surface area (Å²) >= 11 is 0. The third-order valence-corrected chi connectivity index (χ3v) is 3.79. The van der Waals surface area contributed by atoms with Crippen molar-refractivity contribution in [2.75, 3.05) is 18.0 Å². The van der Waals surface area contributed by atoms with Crippen molar-refractivity contribution < 1.29 is 36.3 Å². The molecule has 12 heteroatoms. The number of cyclic esters (lactones) is 1. The van der Waals surface area contributed by atoms with E-state index in [0.29, 0.717) is 4.57 Å². The van der Waals surface area contributed by atoms with Gasteiger partial charge in [0.05, 0.1) is 12.2 Å². The topological polar surface area (TPSA) is 103 Å². The van der Waals surface area contributed by atoms with E-state index >= 15 is 0 Å². The zero-order chi connectivity index (χ0) is 19.9. The summed E-state index contributed by atoms with van der Waals surface area (Å²) in [6.07, 6.45) is -6.78. The molecular weight excluding hydrogens is 376 g/mol. The molecule has 2 heterocycles. The lowest BCUT2D eigenvalue weighted by atomic mass is 10.2. The largest absolute Gasteiger partial charge is 0.434 e. The maximum Gasteiger partial charge on any atom is 0.415 e. The monoisotopic (exact) mass is 390 g/mol. The number of benzene rings is 1. The molecule has 1 aliphatic heterocycles. The second kappa shape index (κ2) is 6.59. The molecule has 1 aliphatic rings. The highest BCUT2D eigenvalue weighted by Gasteiger charge is 2.37. The number of fused-ring (bicyclic) bond motifs is 1. The van der Waals surface area contributed by atoms with Crippen LogP contribution in [0.1, 0.15) is 6.92 Å². The first kappa shape index (κ1) is 18.7. The average Bonchev–Trinajstić information content (AvgIpc) is 3.08. The highest BCUT2D eigenvalue weighted by Crippen LogP contribution is 2.29. The van der Waals surface area contributed by atoms with Gasteiger partial charge in [0.1, 0.15) is 12.1 Å². The highest BCUT2D eigenvalue weighted by atomic mass is 19.4. The maximum atomic E-state index is 14.6. The molecule has 2 aromatic rings. The molecule has 1 atom stereocenters. The van der Waals surface area contributed by atoms with Gasteiger partial charge in [-0.15, -0.1) is 0 Å². The van der Waals surface area contributed by atoms with Gasteiger partial charge in [-0.25, -0.2) is 14.2 Å². The van der Waals surface area contributed by atoms with E-state index in [4.69, 9.17) is 14.9 Å². The minimum absolute atomic E-state index is 0.0512. The van der Waals surface area contributed by atoms with Crippen LogP contribution in [0.25, 0.3) is 11.1 Å². The number of carbonyl (C=O) groups excluding carboxylic acids is 2. The Morgan fingerprint density at radius 2 is 2.11 bits per heavy atom. The van der Waals surface area contributed by atoms with Gasteiger partial charge in [-0.05, 0) is 6.92 Å². The lowest BCUT2D eigenvalue weighted by molar-refractivity contribution is -0.141. The van der Waals surface area contributed by atoms with Gasteiger partial charge in [0, 0.05) is 18.7 Å². The number of nitrogens with zero attached hydrogens (tertiary/aromatic N) is 3. The van der Waals surface area contributed by atoms with Crippen LogP contribution in [-0.4, -0.2) is 41.9 Å². The number of hydrogen-bond donors (Lipinski definition) is 1. The Labute approximate surface area is 148 Å². The number of rotatable bonds is 4. The second-order valence-electron chi connectivity index (χ2n) is 5.72. The molecule has 3 rings (SSSR count). The minimum atomic E-state index is -4.63. The van der Waals surface area contributed by atoms with E-state index < -0.39 is 47.8 Å². The van der Waals surface area contributed by atoms with Crippen LogP contribution in [0.15, 0.2) is 21.5 Å². The Bertz CT molecular complexity index is 979. The van der Waals surface area contributed by atoms with Crippen molar-refractivity contribution in [1.82, 2.24) is 4.57 Å². The van der Waals surface area contributed by atoms with Crippen molar-refractivity contribution in [2.24, 2.45) is 10.7 Å². The van der Waals surface area contributed by atoms with Crippen molar-refractivity contribution >= 4 is 28.8 Å². The maximum absolute atomic E-state index is 14.6. The summed E-state index contributed by atoms with van der Waals surface area (Å²) in [5.74, 6) is -1.93. The van der Waals surface area contributed by atoms with E-state index in [0.717, 1.165) is 11.0 Å². The van der Waals surface area contributed by atoms with E-state index in [1.54, 1.807) is 6.92 Å². The lowest BCUT2D eigenvalue weighted by Crippen LogP contribution is -2.32. The molecule has 8 nitrogen and oxygen atoms in total. The zero-order valence-corrected chi connectivity index (χ0v) is 13.9. The first-order valence-corrected chi connectivity index (χ1v) is 7.78. The van der Waals surface area contributed by atoms with E-state index in [2.05, 4.69) is 4.99 Å². The fraction of sp³-hybridized carbons (Fsp3) is 0.400. The SMILES string of the molecule is CC/N=c1/oc2cc(N3C[C@H](C(N)=O)OC3=O)cc(F)c2n1CC(F)(F)F. The summed E-state index contributed by atoms with van der Waals surface area (Å²) in [5.41, 5.74) is 3.94. The minimum Gasteiger partial charge on any atom is -0.434 e. The molecule has 146 valence electrons. The normalized spacial score (nSPS) is 18.4. The Kier molecular flexibility index (Phi) is 4.57. The molecule has 0 bridgehead atoms. The van der Waals surface area contributed by atoms with Gasteiger partial charge in [0.15, 0.2) is 17.5 Å². The second-order valence-corrected chi connectivity index (χ2v) is 5.72. The Balaban J connectivity index is 2.12. The summed E-state index contributed by atoms with van der Waals surface area (Å²) in [7, 11) is 0. The van der Waals surface area contributed by atoms with Crippen LogP contribution in [0.4, 0.5) is 28.0 Å². The van der Waals surface area contributed by atoms with Crippen LogP contribution in [0.5, 0.6) is 0 Å². The van der Waals surface area contributed by atoms with E-state index in [1.807, 2.05) is 0 Å². The number of alkyl halides is 3. The molecule has 0 aliphatic carbocycles. The first-order valence-electron chi connectivity index (χ1n) is 7.78. The highest BCUT2D eigenvalue weighted by molar-refractivity contribution is 5.96. The number of oxazole rings is 1. The molecule has 2 N–H and O–H groups in total. The van der Waals surface area contributed by atoms with Gasteiger partial charge < -0.3 is 14.9 Å². The van der Waals surface area contributed by atoms with Gasteiger partial charge in [0.2, 0.25) is 0 Å². The van der Waals surface area contributed by atoms with Gasteiger partial charge in [-0.2, -0.15) is 13.2 Å². The summed E-state index contributed by atoms with van der Waals surface area (Å²) < 4.78 is 63.8. The summed E-state index contributed by atoms with van der Waals surface area (Å²) in [6, 6.07) is 2.02. The average molecular weight is 390 g/mol. The standard InChI is InChI=1S/C15H14F4N4O4/c1-2-21-13-23(6-15(17,18)19)11-8(16)3-7(4-9(11)26-13)22-5-10(12(20)24)27-14(22)25/h3-4,10H,2,5-6H2,1H3,(H2,20,24)/b21-13+/t10-/m1/s1. The molecule has 0 saturated carbocycles. The number of primary amides is 1. The molecule has 1 saturated heterocycles. The zero-order valence-electron chi connectivity index (χ0n) is 13.9. The number of hydrogen-bond acceptors (Lipinski definition) is 5. The van der Waals surface area contributed by atoms with Gasteiger partial charge >= 0.3 is 12.3 Å². The first-order chi connectivity index (χ1) is 12.6. The molecule has 0 unspecified atom stereocenters. The predicted octanol–water partition coefficient (Wildman–Crippen LogP) is 1.67. The summed E-state index contributed by atoms with van der Waals surface area (Å²) in [5, 5.41) is 0. The van der Waals surface area contributed by atoms with E-state index in [-0.39, 0.29) is 24.4 Å². The van der Waals surface area contributed by atoms with Gasteiger partial charge in [0.25, 0.3) is 11.6 Å². The third kappa shape index (κ3) is 3.59. The number of amides is 2. The number of anilines is 1. The number of halogens is 4. The molecule has 27 heavy (non-hydrogen) atoms. The van der Waals surface area contributed by atoms with Crippen LogP contribution in [-0.2, 0) is 16.1 Å². The van der Waals surface area contributed by atoms with Gasteiger partial charge in [-0.1, -0.05) is 0 Å². The van der Waals surface area contributed by atoms with Crippen LogP contribution >= 0.6 is 0 Å². The fourth-order valence-electron chi connectivity index (χ4n) is 2.71. The van der Waals surface area contributed by atoms with Crippen LogP contribution in [0, 0.1) is 5.82 Å². The van der Waals surface area contributed by atoms with Crippen molar-refractivity contribution in [1.29, 1.82) is 0 Å². The molecule has 1 aromatic heterocycles. The molecule has 0 spiro atoms. The smallest absolute Gasteiger partial charge is 0.415 e. The number of aromatic nitrogens is 1. The molecule has 1 fully saturated rings. The quantitative estimate of drug-likeness (QED) is 0.802. The van der Waals surface area contributed by atoms with Crippen molar-refractivity contribution in [2.45, 2.75) is 25.7 Å². The fourth-order valence-corrected chi connectivity index (χ4v) is 2.71. The number of ether oxygens (including phenoxy) is 1. The Morgan fingerprint density at radius 3 is 2.67 bits per heavy atom. The molecule has 1 aromatic carbocycles. The number of carbonyl (C=O) groups is 2. The Morgan fingerprint density at radius 1 is 1.41 bits per heavy atom. The van der Waals surface area contributed by atoms with E-state index in [9.17, 15) is 27.2 Å².